The third kappa shape index (κ3) is 4.20. The molecule has 2 fully saturated rings. The Balaban J connectivity index is 1.33. The fraction of sp³-hybridized carbons (Fsp3) is 0.444. The number of nitrogens with zero attached hydrogens (tertiary/aromatic N) is 4. The van der Waals surface area contributed by atoms with Gasteiger partial charge in [0.15, 0.2) is 0 Å². The summed E-state index contributed by atoms with van der Waals surface area (Å²) in [5.74, 6) is 1.93. The molecule has 1 aromatic carbocycles. The molecule has 0 spiro atoms. The van der Waals surface area contributed by atoms with Crippen molar-refractivity contribution in [2.45, 2.75) is 51.0 Å². The number of hydrogen-bond donors (Lipinski definition) is 0. The highest BCUT2D eigenvalue weighted by molar-refractivity contribution is 5.88. The maximum absolute atomic E-state index is 12.6. The molecule has 0 unspecified atom stereocenters. The minimum atomic E-state index is -0.0719. The van der Waals surface area contributed by atoms with Crippen molar-refractivity contribution in [1.82, 2.24) is 9.55 Å². The van der Waals surface area contributed by atoms with Gasteiger partial charge in [0.2, 0.25) is 0 Å². The van der Waals surface area contributed by atoms with Crippen molar-refractivity contribution < 1.29 is 4.74 Å². The number of nitriles is 1. The Kier molecular flexibility index (Phi) is 5.80. The summed E-state index contributed by atoms with van der Waals surface area (Å²) in [4.78, 5) is 19.3. The van der Waals surface area contributed by atoms with E-state index in [0.29, 0.717) is 17.1 Å². The molecule has 1 saturated carbocycles. The molecular formula is C27H30N4O2. The molecule has 0 N–H and O–H groups in total. The normalized spacial score (nSPS) is 21.3. The first-order valence-corrected chi connectivity index (χ1v) is 12.0. The van der Waals surface area contributed by atoms with Crippen LogP contribution in [0.1, 0.15) is 56.2 Å². The van der Waals surface area contributed by atoms with Crippen molar-refractivity contribution in [2.24, 2.45) is 13.0 Å². The number of anilines is 1. The van der Waals surface area contributed by atoms with E-state index in [2.05, 4.69) is 47.1 Å². The zero-order valence-corrected chi connectivity index (χ0v) is 19.3. The van der Waals surface area contributed by atoms with E-state index in [1.807, 2.05) is 0 Å². The van der Waals surface area contributed by atoms with Crippen LogP contribution in [-0.4, -0.2) is 28.7 Å². The molecule has 3 heterocycles. The number of ether oxygens (including phenoxy) is 1. The van der Waals surface area contributed by atoms with E-state index in [1.165, 1.54) is 31.2 Å². The average molecular weight is 443 g/mol. The van der Waals surface area contributed by atoms with Crippen molar-refractivity contribution in [3.8, 4) is 11.8 Å². The maximum Gasteiger partial charge on any atom is 0.252 e. The minimum Gasteiger partial charge on any atom is -0.490 e. The van der Waals surface area contributed by atoms with Crippen LogP contribution in [-0.2, 0) is 7.05 Å². The molecule has 170 valence electrons. The molecule has 1 saturated heterocycles. The van der Waals surface area contributed by atoms with Gasteiger partial charge in [-0.05, 0) is 48.6 Å². The van der Waals surface area contributed by atoms with Gasteiger partial charge < -0.3 is 14.2 Å². The number of piperidine rings is 1. The molecule has 1 aliphatic heterocycles. The summed E-state index contributed by atoms with van der Waals surface area (Å²) >= 11 is 0. The van der Waals surface area contributed by atoms with Gasteiger partial charge in [-0.25, -0.2) is 4.98 Å². The molecule has 6 nitrogen and oxygen atoms in total. The van der Waals surface area contributed by atoms with E-state index in [1.54, 1.807) is 29.8 Å². The number of fused-ring (bicyclic) bond motifs is 1. The predicted molar refractivity (Wildman–Crippen MR) is 130 cm³/mol. The quantitative estimate of drug-likeness (QED) is 0.583. The summed E-state index contributed by atoms with van der Waals surface area (Å²) in [5, 5.41) is 9.31. The van der Waals surface area contributed by atoms with Crippen molar-refractivity contribution in [3.63, 3.8) is 0 Å². The molecule has 3 aromatic rings. The predicted octanol–water partition coefficient (Wildman–Crippen LogP) is 4.76. The summed E-state index contributed by atoms with van der Waals surface area (Å²) in [6, 6.07) is 15.9. The van der Waals surface area contributed by atoms with Crippen molar-refractivity contribution in [1.29, 1.82) is 5.26 Å². The summed E-state index contributed by atoms with van der Waals surface area (Å²) in [6.45, 7) is 3.74. The fourth-order valence-electron chi connectivity index (χ4n) is 5.39. The van der Waals surface area contributed by atoms with Crippen LogP contribution in [0.3, 0.4) is 0 Å². The summed E-state index contributed by atoms with van der Waals surface area (Å²) in [5.41, 5.74) is 3.96. The Morgan fingerprint density at radius 3 is 2.55 bits per heavy atom. The van der Waals surface area contributed by atoms with Gasteiger partial charge in [0, 0.05) is 38.5 Å². The molecule has 33 heavy (non-hydrogen) atoms. The van der Waals surface area contributed by atoms with Gasteiger partial charge >= 0.3 is 0 Å². The Hall–Kier alpha value is -3.33. The van der Waals surface area contributed by atoms with Gasteiger partial charge in [-0.2, -0.15) is 5.26 Å². The molecule has 2 aromatic heterocycles. The van der Waals surface area contributed by atoms with Crippen molar-refractivity contribution in [2.75, 3.05) is 18.0 Å². The molecule has 5 rings (SSSR count). The zero-order valence-electron chi connectivity index (χ0n) is 19.3. The van der Waals surface area contributed by atoms with E-state index in [-0.39, 0.29) is 17.6 Å². The SMILES string of the molecule is C[C@@H]1CN(c2cc(=O)n(C)c3ccc(C#N)nc23)CC[C@H]1Oc1ccc(C2CCCC2)cc1. The molecule has 2 aliphatic rings. The second-order valence-electron chi connectivity index (χ2n) is 9.52. The Labute approximate surface area is 194 Å². The lowest BCUT2D eigenvalue weighted by atomic mass is 9.95. The first kappa shape index (κ1) is 21.5. The third-order valence-electron chi connectivity index (χ3n) is 7.34. The van der Waals surface area contributed by atoms with E-state index in [0.717, 1.165) is 36.5 Å². The Morgan fingerprint density at radius 1 is 1.09 bits per heavy atom. The summed E-state index contributed by atoms with van der Waals surface area (Å²) < 4.78 is 7.97. The van der Waals surface area contributed by atoms with Gasteiger partial charge in [-0.3, -0.25) is 4.79 Å². The number of aromatic nitrogens is 2. The number of pyridine rings is 2. The largest absolute Gasteiger partial charge is 0.490 e. The molecule has 0 radical (unpaired) electrons. The van der Waals surface area contributed by atoms with Crippen LogP contribution < -0.4 is 15.2 Å². The van der Waals surface area contributed by atoms with E-state index in [9.17, 15) is 10.1 Å². The number of aryl methyl sites for hydroxylation is 1. The van der Waals surface area contributed by atoms with Crippen LogP contribution in [0.2, 0.25) is 0 Å². The third-order valence-corrected chi connectivity index (χ3v) is 7.34. The van der Waals surface area contributed by atoms with E-state index >= 15 is 0 Å². The first-order chi connectivity index (χ1) is 16.0. The maximum atomic E-state index is 12.6. The van der Waals surface area contributed by atoms with Crippen molar-refractivity contribution >= 4 is 16.7 Å². The standard InChI is InChI=1S/C27H30N4O2/c1-18-17-31(24-15-26(32)30(2)23-12-9-21(16-28)29-27(23)24)14-13-25(18)33-22-10-7-20(8-11-22)19-5-3-4-6-19/h7-12,15,18-19,25H,3-6,13-14,17H2,1-2H3/t18-,25-/m1/s1. The molecule has 6 heteroatoms. The van der Waals surface area contributed by atoms with E-state index in [4.69, 9.17) is 4.74 Å². The highest BCUT2D eigenvalue weighted by Gasteiger charge is 2.29. The minimum absolute atomic E-state index is 0.0719. The van der Waals surface area contributed by atoms with Crippen LogP contribution in [0, 0.1) is 17.2 Å². The lowest BCUT2D eigenvalue weighted by molar-refractivity contribution is 0.121. The lowest BCUT2D eigenvalue weighted by Crippen LogP contribution is -2.45. The highest BCUT2D eigenvalue weighted by atomic mass is 16.5. The Morgan fingerprint density at radius 2 is 1.85 bits per heavy atom. The Bertz CT molecular complexity index is 1250. The molecule has 0 amide bonds. The summed E-state index contributed by atoms with van der Waals surface area (Å²) in [7, 11) is 1.74. The fourth-order valence-corrected chi connectivity index (χ4v) is 5.39. The van der Waals surface area contributed by atoms with Gasteiger partial charge in [0.1, 0.15) is 29.1 Å². The second-order valence-corrected chi connectivity index (χ2v) is 9.52. The zero-order chi connectivity index (χ0) is 22.9. The second kappa shape index (κ2) is 8.90. The monoisotopic (exact) mass is 442 g/mol. The smallest absolute Gasteiger partial charge is 0.252 e. The van der Waals surface area contributed by atoms with Crippen LogP contribution in [0.15, 0.2) is 47.3 Å². The molecular weight excluding hydrogens is 412 g/mol. The van der Waals surface area contributed by atoms with Crippen LogP contribution in [0.4, 0.5) is 5.69 Å². The van der Waals surface area contributed by atoms with Crippen LogP contribution in [0.5, 0.6) is 5.75 Å². The van der Waals surface area contributed by atoms with Crippen LogP contribution in [0.25, 0.3) is 11.0 Å². The van der Waals surface area contributed by atoms with Gasteiger partial charge in [0.25, 0.3) is 5.56 Å². The van der Waals surface area contributed by atoms with Gasteiger partial charge in [-0.15, -0.1) is 0 Å². The number of rotatable bonds is 4. The topological polar surface area (TPSA) is 71.2 Å². The summed E-state index contributed by atoms with van der Waals surface area (Å²) in [6.07, 6.45) is 6.28. The lowest BCUT2D eigenvalue weighted by Gasteiger charge is -2.38. The number of benzene rings is 1. The number of hydrogen-bond acceptors (Lipinski definition) is 5. The van der Waals surface area contributed by atoms with Gasteiger partial charge in [-0.1, -0.05) is 31.9 Å². The highest BCUT2D eigenvalue weighted by Crippen LogP contribution is 2.35. The molecule has 0 bridgehead atoms. The molecule has 1 aliphatic carbocycles. The average Bonchev–Trinajstić information content (AvgIpc) is 3.38. The van der Waals surface area contributed by atoms with Gasteiger partial charge in [0.05, 0.1) is 11.2 Å². The molecule has 2 atom stereocenters. The van der Waals surface area contributed by atoms with Crippen LogP contribution >= 0.6 is 0 Å². The van der Waals surface area contributed by atoms with E-state index < -0.39 is 0 Å². The first-order valence-electron chi connectivity index (χ1n) is 12.0. The van der Waals surface area contributed by atoms with Crippen molar-refractivity contribution in [3.05, 3.63) is 64.1 Å².